The van der Waals surface area contributed by atoms with Gasteiger partial charge in [-0.3, -0.25) is 0 Å². The first kappa shape index (κ1) is 10.8. The number of nitrogens with zero attached hydrogens (tertiary/aromatic N) is 3. The third-order valence-electron chi connectivity index (χ3n) is 3.07. The van der Waals surface area contributed by atoms with Crippen LogP contribution >= 0.6 is 11.6 Å². The molecule has 1 heterocycles. The highest BCUT2D eigenvalue weighted by atomic mass is 35.5. The number of aryl methyl sites for hydroxylation is 1. The summed E-state index contributed by atoms with van der Waals surface area (Å²) in [6, 6.07) is 8.91. The minimum atomic E-state index is 0.426. The van der Waals surface area contributed by atoms with Crippen molar-refractivity contribution in [3.8, 4) is 11.4 Å². The van der Waals surface area contributed by atoms with Crippen molar-refractivity contribution in [1.29, 1.82) is 0 Å². The lowest BCUT2D eigenvalue weighted by Gasteiger charge is -2.07. The smallest absolute Gasteiger partial charge is 0.164 e. The summed E-state index contributed by atoms with van der Waals surface area (Å²) >= 11 is 5.91. The van der Waals surface area contributed by atoms with Crippen molar-refractivity contribution in [2.24, 2.45) is 0 Å². The molecular formula is C13H14ClN3. The molecule has 0 saturated heterocycles. The van der Waals surface area contributed by atoms with Gasteiger partial charge in [0.1, 0.15) is 5.82 Å². The van der Waals surface area contributed by atoms with Crippen LogP contribution in [0.2, 0.25) is 0 Å². The number of rotatable bonds is 3. The van der Waals surface area contributed by atoms with Crippen molar-refractivity contribution >= 4 is 11.6 Å². The molecule has 1 aromatic heterocycles. The Bertz CT molecular complexity index is 543. The van der Waals surface area contributed by atoms with Gasteiger partial charge in [-0.05, 0) is 25.8 Å². The number of aromatic nitrogens is 3. The molecule has 1 fully saturated rings. The molecule has 0 aliphatic heterocycles. The summed E-state index contributed by atoms with van der Waals surface area (Å²) in [4.78, 5) is 0. The molecule has 4 heteroatoms. The average Bonchev–Trinajstić information content (AvgIpc) is 3.08. The van der Waals surface area contributed by atoms with Crippen LogP contribution < -0.4 is 0 Å². The maximum atomic E-state index is 5.91. The minimum absolute atomic E-state index is 0.426. The van der Waals surface area contributed by atoms with Crippen LogP contribution in [0.15, 0.2) is 24.3 Å². The van der Waals surface area contributed by atoms with Gasteiger partial charge in [-0.2, -0.15) is 0 Å². The van der Waals surface area contributed by atoms with Gasteiger partial charge in [0.25, 0.3) is 0 Å². The van der Waals surface area contributed by atoms with Crippen molar-refractivity contribution in [2.75, 3.05) is 0 Å². The van der Waals surface area contributed by atoms with E-state index in [1.807, 2.05) is 0 Å². The number of benzene rings is 1. The fourth-order valence-corrected chi connectivity index (χ4v) is 2.29. The van der Waals surface area contributed by atoms with Crippen molar-refractivity contribution in [2.45, 2.75) is 31.7 Å². The third-order valence-corrected chi connectivity index (χ3v) is 3.31. The van der Waals surface area contributed by atoms with Crippen molar-refractivity contribution in [3.63, 3.8) is 0 Å². The number of hydrogen-bond acceptors (Lipinski definition) is 2. The Morgan fingerprint density at radius 3 is 2.82 bits per heavy atom. The predicted octanol–water partition coefficient (Wildman–Crippen LogP) is 3.33. The zero-order chi connectivity index (χ0) is 11.8. The normalized spacial score (nSPS) is 15.2. The Morgan fingerprint density at radius 1 is 1.35 bits per heavy atom. The summed E-state index contributed by atoms with van der Waals surface area (Å²) in [6.07, 6.45) is 2.42. The summed E-state index contributed by atoms with van der Waals surface area (Å²) < 4.78 is 2.20. The molecule has 0 bridgehead atoms. The van der Waals surface area contributed by atoms with E-state index in [4.69, 9.17) is 11.6 Å². The van der Waals surface area contributed by atoms with Crippen molar-refractivity contribution < 1.29 is 0 Å². The maximum Gasteiger partial charge on any atom is 0.164 e. The van der Waals surface area contributed by atoms with Crippen LogP contribution in [-0.4, -0.2) is 14.8 Å². The molecule has 88 valence electrons. The van der Waals surface area contributed by atoms with E-state index in [1.54, 1.807) is 0 Å². The Balaban J connectivity index is 2.11. The molecule has 1 aliphatic rings. The van der Waals surface area contributed by atoms with Gasteiger partial charge in [0.05, 0.1) is 5.88 Å². The van der Waals surface area contributed by atoms with Crippen LogP contribution in [0.1, 0.15) is 30.3 Å². The first-order valence-corrected chi connectivity index (χ1v) is 6.40. The second-order valence-electron chi connectivity index (χ2n) is 4.54. The van der Waals surface area contributed by atoms with Crippen LogP contribution in [-0.2, 0) is 5.88 Å². The molecular weight excluding hydrogens is 234 g/mol. The maximum absolute atomic E-state index is 5.91. The molecule has 0 N–H and O–H groups in total. The molecule has 17 heavy (non-hydrogen) atoms. The van der Waals surface area contributed by atoms with Gasteiger partial charge < -0.3 is 4.57 Å². The fourth-order valence-electron chi connectivity index (χ4n) is 2.11. The van der Waals surface area contributed by atoms with E-state index in [0.29, 0.717) is 11.9 Å². The zero-order valence-corrected chi connectivity index (χ0v) is 10.5. The van der Waals surface area contributed by atoms with Gasteiger partial charge in [0.15, 0.2) is 5.82 Å². The van der Waals surface area contributed by atoms with Crippen LogP contribution in [0.5, 0.6) is 0 Å². The lowest BCUT2D eigenvalue weighted by atomic mass is 10.1. The minimum Gasteiger partial charge on any atom is -0.307 e. The second kappa shape index (κ2) is 4.15. The highest BCUT2D eigenvalue weighted by Gasteiger charge is 2.29. The molecule has 0 spiro atoms. The van der Waals surface area contributed by atoms with E-state index < -0.39 is 0 Å². The van der Waals surface area contributed by atoms with E-state index >= 15 is 0 Å². The van der Waals surface area contributed by atoms with Gasteiger partial charge >= 0.3 is 0 Å². The van der Waals surface area contributed by atoms with Crippen LogP contribution in [0.4, 0.5) is 0 Å². The monoisotopic (exact) mass is 247 g/mol. The van der Waals surface area contributed by atoms with E-state index in [-0.39, 0.29) is 0 Å². The van der Waals surface area contributed by atoms with E-state index in [1.165, 1.54) is 18.4 Å². The largest absolute Gasteiger partial charge is 0.307 e. The van der Waals surface area contributed by atoms with Gasteiger partial charge in [-0.15, -0.1) is 21.8 Å². The van der Waals surface area contributed by atoms with Crippen LogP contribution in [0.3, 0.4) is 0 Å². The van der Waals surface area contributed by atoms with Crippen molar-refractivity contribution in [3.05, 3.63) is 35.7 Å². The highest BCUT2D eigenvalue weighted by molar-refractivity contribution is 6.16. The lowest BCUT2D eigenvalue weighted by molar-refractivity contribution is 0.712. The second-order valence-corrected chi connectivity index (χ2v) is 4.81. The standard InChI is InChI=1S/C13H14ClN3/c1-9-3-2-4-10(7-9)13-16-15-12(8-14)17(13)11-5-6-11/h2-4,7,11H,5-6,8H2,1H3. The quantitative estimate of drug-likeness (QED) is 0.779. The summed E-state index contributed by atoms with van der Waals surface area (Å²) in [5.74, 6) is 2.26. The Kier molecular flexibility index (Phi) is 2.63. The van der Waals surface area contributed by atoms with E-state index in [2.05, 4.69) is 46.0 Å². The number of halogens is 1. The van der Waals surface area contributed by atoms with Gasteiger partial charge in [0.2, 0.25) is 0 Å². The molecule has 2 aromatic rings. The average molecular weight is 248 g/mol. The van der Waals surface area contributed by atoms with Gasteiger partial charge in [-0.25, -0.2) is 0 Å². The topological polar surface area (TPSA) is 30.7 Å². The zero-order valence-electron chi connectivity index (χ0n) is 9.73. The SMILES string of the molecule is Cc1cccc(-c2nnc(CCl)n2C2CC2)c1. The molecule has 1 saturated carbocycles. The summed E-state index contributed by atoms with van der Waals surface area (Å²) in [5.41, 5.74) is 2.36. The molecule has 3 rings (SSSR count). The van der Waals surface area contributed by atoms with Crippen molar-refractivity contribution in [1.82, 2.24) is 14.8 Å². The van der Waals surface area contributed by atoms with Crippen LogP contribution in [0.25, 0.3) is 11.4 Å². The first-order valence-electron chi connectivity index (χ1n) is 5.86. The molecule has 3 nitrogen and oxygen atoms in total. The van der Waals surface area contributed by atoms with E-state index in [9.17, 15) is 0 Å². The lowest BCUT2D eigenvalue weighted by Crippen LogP contribution is -2.01. The number of hydrogen-bond donors (Lipinski definition) is 0. The highest BCUT2D eigenvalue weighted by Crippen LogP contribution is 2.39. The molecule has 1 aliphatic carbocycles. The van der Waals surface area contributed by atoms with Gasteiger partial charge in [0, 0.05) is 11.6 Å². The molecule has 0 atom stereocenters. The first-order chi connectivity index (χ1) is 8.29. The Morgan fingerprint density at radius 2 is 2.18 bits per heavy atom. The third kappa shape index (κ3) is 1.95. The van der Waals surface area contributed by atoms with Crippen LogP contribution in [0, 0.1) is 6.92 Å². The van der Waals surface area contributed by atoms with Gasteiger partial charge in [-0.1, -0.05) is 23.8 Å². The Hall–Kier alpha value is -1.35. The Labute approximate surface area is 105 Å². The summed E-state index contributed by atoms with van der Waals surface area (Å²) in [6.45, 7) is 2.09. The fraction of sp³-hybridized carbons (Fsp3) is 0.385. The molecule has 0 radical (unpaired) electrons. The molecule has 1 aromatic carbocycles. The summed E-state index contributed by atoms with van der Waals surface area (Å²) in [7, 11) is 0. The van der Waals surface area contributed by atoms with E-state index in [0.717, 1.165) is 17.2 Å². The number of alkyl halides is 1. The summed E-state index contributed by atoms with van der Waals surface area (Å²) in [5, 5.41) is 8.47. The molecule has 0 unspecified atom stereocenters. The predicted molar refractivity (Wildman–Crippen MR) is 68.0 cm³/mol. The molecule has 0 amide bonds.